The lowest BCUT2D eigenvalue weighted by Gasteiger charge is -2.18. The Morgan fingerprint density at radius 2 is 1.82 bits per heavy atom. The summed E-state index contributed by atoms with van der Waals surface area (Å²) in [7, 11) is 0. The standard InChI is InChI=1S/C22H24N2O3S/c1-5-10-24-16-11-17-18(27-13-26-17)12-19(16)28-21(24)23-20(25)14-6-8-15(9-7-14)22(2,3)4/h6-9,11-12H,5,10,13H2,1-4H3. The minimum atomic E-state index is -0.225. The molecule has 0 spiro atoms. The third-order valence-corrected chi connectivity index (χ3v) is 5.86. The van der Waals surface area contributed by atoms with Crippen LogP contribution in [0.25, 0.3) is 10.2 Å². The number of rotatable bonds is 3. The van der Waals surface area contributed by atoms with Crippen LogP contribution in [-0.2, 0) is 12.0 Å². The quantitative estimate of drug-likeness (QED) is 0.634. The number of hydrogen-bond acceptors (Lipinski definition) is 4. The Morgan fingerprint density at radius 1 is 1.14 bits per heavy atom. The predicted molar refractivity (Wildman–Crippen MR) is 111 cm³/mol. The number of aryl methyl sites for hydroxylation is 1. The van der Waals surface area contributed by atoms with Gasteiger partial charge in [0.05, 0.1) is 10.2 Å². The van der Waals surface area contributed by atoms with Gasteiger partial charge in [0.25, 0.3) is 5.91 Å². The molecule has 6 heteroatoms. The lowest BCUT2D eigenvalue weighted by atomic mass is 9.87. The summed E-state index contributed by atoms with van der Waals surface area (Å²) in [6.45, 7) is 9.62. The zero-order valence-electron chi connectivity index (χ0n) is 16.6. The molecule has 0 unspecified atom stereocenters. The van der Waals surface area contributed by atoms with Crippen molar-refractivity contribution in [1.29, 1.82) is 0 Å². The molecule has 1 amide bonds. The minimum Gasteiger partial charge on any atom is -0.454 e. The third kappa shape index (κ3) is 3.44. The largest absolute Gasteiger partial charge is 0.454 e. The van der Waals surface area contributed by atoms with Gasteiger partial charge in [-0.05, 0) is 29.5 Å². The molecule has 146 valence electrons. The molecule has 3 aromatic rings. The Kier molecular flexibility index (Phi) is 4.75. The van der Waals surface area contributed by atoms with Gasteiger partial charge < -0.3 is 14.0 Å². The van der Waals surface area contributed by atoms with Crippen molar-refractivity contribution in [3.05, 3.63) is 52.3 Å². The first kappa shape index (κ1) is 18.7. The molecule has 4 rings (SSSR count). The van der Waals surface area contributed by atoms with Crippen LogP contribution in [0.15, 0.2) is 41.4 Å². The highest BCUT2D eigenvalue weighted by molar-refractivity contribution is 7.16. The Morgan fingerprint density at radius 3 is 2.46 bits per heavy atom. The molecule has 1 aliphatic heterocycles. The molecule has 28 heavy (non-hydrogen) atoms. The molecule has 5 nitrogen and oxygen atoms in total. The maximum atomic E-state index is 12.8. The number of benzene rings is 2. The first-order chi connectivity index (χ1) is 13.4. The number of carbonyl (C=O) groups excluding carboxylic acids is 1. The van der Waals surface area contributed by atoms with Gasteiger partial charge in [-0.25, -0.2) is 0 Å². The highest BCUT2D eigenvalue weighted by Gasteiger charge is 2.18. The van der Waals surface area contributed by atoms with Gasteiger partial charge >= 0.3 is 0 Å². The van der Waals surface area contributed by atoms with Gasteiger partial charge in [0.1, 0.15) is 0 Å². The van der Waals surface area contributed by atoms with E-state index in [0.29, 0.717) is 10.4 Å². The second-order valence-electron chi connectivity index (χ2n) is 7.95. The summed E-state index contributed by atoms with van der Waals surface area (Å²) < 4.78 is 14.1. The van der Waals surface area contributed by atoms with E-state index in [0.717, 1.165) is 34.7 Å². The topological polar surface area (TPSA) is 52.8 Å². The molecule has 0 aliphatic carbocycles. The van der Waals surface area contributed by atoms with Crippen LogP contribution in [0.5, 0.6) is 11.5 Å². The van der Waals surface area contributed by atoms with E-state index in [1.54, 1.807) is 0 Å². The molecular formula is C22H24N2O3S. The van der Waals surface area contributed by atoms with Crippen molar-refractivity contribution in [2.45, 2.75) is 46.1 Å². The summed E-state index contributed by atoms with van der Waals surface area (Å²) in [6.07, 6.45) is 0.946. The van der Waals surface area contributed by atoms with E-state index in [4.69, 9.17) is 9.47 Å². The summed E-state index contributed by atoms with van der Waals surface area (Å²) >= 11 is 1.50. The monoisotopic (exact) mass is 396 g/mol. The average molecular weight is 397 g/mol. The molecule has 2 heterocycles. The average Bonchev–Trinajstić information content (AvgIpc) is 3.24. The maximum Gasteiger partial charge on any atom is 0.279 e. The maximum absolute atomic E-state index is 12.8. The molecule has 1 aliphatic rings. The first-order valence-electron chi connectivity index (χ1n) is 9.49. The van der Waals surface area contributed by atoms with Crippen molar-refractivity contribution in [3.63, 3.8) is 0 Å². The number of hydrogen-bond donors (Lipinski definition) is 0. The number of fused-ring (bicyclic) bond motifs is 2. The van der Waals surface area contributed by atoms with Crippen LogP contribution in [0.1, 0.15) is 50.0 Å². The molecule has 2 aromatic carbocycles. The Labute approximate surface area is 168 Å². The van der Waals surface area contributed by atoms with Gasteiger partial charge in [-0.1, -0.05) is 51.2 Å². The van der Waals surface area contributed by atoms with Crippen molar-refractivity contribution in [2.75, 3.05) is 6.79 Å². The molecular weight excluding hydrogens is 372 g/mol. The van der Waals surface area contributed by atoms with E-state index < -0.39 is 0 Å². The van der Waals surface area contributed by atoms with Gasteiger partial charge in [-0.2, -0.15) is 4.99 Å². The molecule has 0 saturated heterocycles. The van der Waals surface area contributed by atoms with Gasteiger partial charge in [-0.3, -0.25) is 4.79 Å². The minimum absolute atomic E-state index is 0.0544. The summed E-state index contributed by atoms with van der Waals surface area (Å²) in [5.74, 6) is 1.26. The van der Waals surface area contributed by atoms with Crippen molar-refractivity contribution >= 4 is 27.5 Å². The van der Waals surface area contributed by atoms with Crippen molar-refractivity contribution in [2.24, 2.45) is 4.99 Å². The fourth-order valence-corrected chi connectivity index (χ4v) is 4.31. The lowest BCUT2D eigenvalue weighted by Crippen LogP contribution is -2.17. The molecule has 0 saturated carbocycles. The van der Waals surface area contributed by atoms with Crippen LogP contribution in [0.4, 0.5) is 0 Å². The van der Waals surface area contributed by atoms with Crippen LogP contribution in [0.2, 0.25) is 0 Å². The number of ether oxygens (including phenoxy) is 2. The first-order valence-corrected chi connectivity index (χ1v) is 10.3. The highest BCUT2D eigenvalue weighted by atomic mass is 32.1. The van der Waals surface area contributed by atoms with E-state index in [1.165, 1.54) is 16.9 Å². The fourth-order valence-electron chi connectivity index (χ4n) is 3.25. The number of nitrogens with zero attached hydrogens (tertiary/aromatic N) is 2. The Bertz CT molecular complexity index is 1100. The molecule has 0 atom stereocenters. The molecule has 0 radical (unpaired) electrons. The van der Waals surface area contributed by atoms with Gasteiger partial charge in [0.15, 0.2) is 16.3 Å². The SMILES string of the molecule is CCCn1c(=NC(=O)c2ccc(C(C)(C)C)cc2)sc2cc3c(cc21)OCO3. The summed E-state index contributed by atoms with van der Waals surface area (Å²) in [5, 5.41) is 0. The zero-order chi connectivity index (χ0) is 19.9. The number of carbonyl (C=O) groups is 1. The van der Waals surface area contributed by atoms with Crippen molar-refractivity contribution in [1.82, 2.24) is 4.57 Å². The van der Waals surface area contributed by atoms with Crippen LogP contribution in [0, 0.1) is 0 Å². The summed E-state index contributed by atoms with van der Waals surface area (Å²) in [6, 6.07) is 11.7. The van der Waals surface area contributed by atoms with E-state index >= 15 is 0 Å². The van der Waals surface area contributed by atoms with E-state index in [-0.39, 0.29) is 18.1 Å². The van der Waals surface area contributed by atoms with Crippen molar-refractivity contribution in [3.8, 4) is 11.5 Å². The van der Waals surface area contributed by atoms with Gasteiger partial charge in [-0.15, -0.1) is 0 Å². The van der Waals surface area contributed by atoms with Crippen LogP contribution >= 0.6 is 11.3 Å². The van der Waals surface area contributed by atoms with Gasteiger partial charge in [0, 0.05) is 24.2 Å². The smallest absolute Gasteiger partial charge is 0.279 e. The zero-order valence-corrected chi connectivity index (χ0v) is 17.4. The molecule has 0 fully saturated rings. The molecule has 1 aromatic heterocycles. The lowest BCUT2D eigenvalue weighted by molar-refractivity contribution is 0.0997. The highest BCUT2D eigenvalue weighted by Crippen LogP contribution is 2.37. The van der Waals surface area contributed by atoms with E-state index in [2.05, 4.69) is 37.3 Å². The van der Waals surface area contributed by atoms with E-state index in [9.17, 15) is 4.79 Å². The fraction of sp³-hybridized carbons (Fsp3) is 0.364. The predicted octanol–water partition coefficient (Wildman–Crippen LogP) is 4.88. The van der Waals surface area contributed by atoms with Crippen molar-refractivity contribution < 1.29 is 14.3 Å². The van der Waals surface area contributed by atoms with Crippen LogP contribution < -0.4 is 14.3 Å². The Balaban J connectivity index is 1.76. The van der Waals surface area contributed by atoms with Gasteiger partial charge in [0.2, 0.25) is 6.79 Å². The summed E-state index contributed by atoms with van der Waals surface area (Å²) in [4.78, 5) is 17.9. The summed E-state index contributed by atoms with van der Waals surface area (Å²) in [5.41, 5.74) is 2.87. The number of thiazole rings is 1. The Hall–Kier alpha value is -2.60. The second kappa shape index (κ2) is 7.09. The van der Waals surface area contributed by atoms with Crippen LogP contribution in [-0.4, -0.2) is 17.3 Å². The second-order valence-corrected chi connectivity index (χ2v) is 8.96. The van der Waals surface area contributed by atoms with Crippen LogP contribution in [0.3, 0.4) is 0 Å². The molecule has 0 N–H and O–H groups in total. The number of amides is 1. The number of aromatic nitrogens is 1. The van der Waals surface area contributed by atoms with E-state index in [1.807, 2.05) is 36.4 Å². The molecule has 0 bridgehead atoms. The normalized spacial score (nSPS) is 14.1. The third-order valence-electron chi connectivity index (χ3n) is 4.82.